The molecule has 2 heterocycles. The number of carbonyl (C=O) groups is 1. The summed E-state index contributed by atoms with van der Waals surface area (Å²) in [6.07, 6.45) is 4.30. The first-order valence-electron chi connectivity index (χ1n) is 11.6. The van der Waals surface area contributed by atoms with E-state index in [9.17, 15) is 15.0 Å². The largest absolute Gasteiger partial charge is 0.507 e. The number of benzene rings is 2. The lowest BCUT2D eigenvalue weighted by molar-refractivity contribution is -0.0764. The smallest absolute Gasteiger partial charge is 0.338 e. The van der Waals surface area contributed by atoms with E-state index in [-0.39, 0.29) is 41.8 Å². The van der Waals surface area contributed by atoms with Crippen molar-refractivity contribution in [3.05, 3.63) is 59.2 Å². The molecule has 2 fully saturated rings. The Morgan fingerprint density at radius 3 is 2.75 bits per heavy atom. The van der Waals surface area contributed by atoms with Gasteiger partial charge in [0.15, 0.2) is 0 Å². The second-order valence-electron chi connectivity index (χ2n) is 9.33. The molecule has 2 aromatic carbocycles. The van der Waals surface area contributed by atoms with E-state index in [1.165, 1.54) is 0 Å². The lowest BCUT2D eigenvalue weighted by Crippen LogP contribution is -2.35. The fraction of sp³-hybridized carbons (Fsp3) is 0.500. The minimum atomic E-state index is -0.341. The Hall–Kier alpha value is -2.57. The molecule has 6 heteroatoms. The number of aryl methyl sites for hydroxylation is 1. The minimum Gasteiger partial charge on any atom is -0.507 e. The molecule has 2 saturated heterocycles. The van der Waals surface area contributed by atoms with Crippen LogP contribution >= 0.6 is 0 Å². The Labute approximate surface area is 189 Å². The average molecular weight is 440 g/mol. The standard InChI is InChI=1S/C26H33NO5/c1-3-4-8-18-11-12-22(28)21(23(18)29)16-27-14-13-26(2)15-20(32-25(26)27)17-31-24(30)19-9-6-5-7-10-19/h5-7,9-12,20,25,28-29H,3-4,8,13-17H2,1-2H3/t20-,25-,26?/m0/s1. The van der Waals surface area contributed by atoms with Gasteiger partial charge in [0.1, 0.15) is 24.3 Å². The second kappa shape index (κ2) is 9.51. The highest BCUT2D eigenvalue weighted by molar-refractivity contribution is 5.89. The maximum atomic E-state index is 12.3. The number of phenolic OH excluding ortho intramolecular Hbond substituents is 2. The monoisotopic (exact) mass is 439 g/mol. The molecule has 0 spiro atoms. The van der Waals surface area contributed by atoms with E-state index >= 15 is 0 Å². The Bertz CT molecular complexity index is 947. The molecule has 2 N–H and O–H groups in total. The predicted molar refractivity (Wildman–Crippen MR) is 122 cm³/mol. The minimum absolute atomic E-state index is 0.0467. The normalized spacial score (nSPS) is 25.1. The molecule has 2 aliphatic heterocycles. The first-order chi connectivity index (χ1) is 15.4. The molecule has 32 heavy (non-hydrogen) atoms. The van der Waals surface area contributed by atoms with E-state index in [4.69, 9.17) is 9.47 Å². The number of carbonyl (C=O) groups excluding carboxylic acids is 1. The van der Waals surface area contributed by atoms with Crippen molar-refractivity contribution in [2.45, 2.75) is 64.8 Å². The molecule has 2 aromatic rings. The van der Waals surface area contributed by atoms with E-state index in [1.54, 1.807) is 24.3 Å². The van der Waals surface area contributed by atoms with Crippen LogP contribution < -0.4 is 0 Å². The number of fused-ring (bicyclic) bond motifs is 1. The number of rotatable bonds is 8. The van der Waals surface area contributed by atoms with Crippen molar-refractivity contribution in [3.8, 4) is 11.5 Å². The molecule has 0 bridgehead atoms. The number of esters is 1. The summed E-state index contributed by atoms with van der Waals surface area (Å²) < 4.78 is 11.8. The molecule has 172 valence electrons. The Balaban J connectivity index is 1.40. The molecule has 0 aliphatic carbocycles. The lowest BCUT2D eigenvalue weighted by atomic mass is 9.85. The summed E-state index contributed by atoms with van der Waals surface area (Å²) in [6.45, 7) is 5.79. The number of hydrogen-bond acceptors (Lipinski definition) is 6. The van der Waals surface area contributed by atoms with Gasteiger partial charge in [-0.1, -0.05) is 44.5 Å². The van der Waals surface area contributed by atoms with Crippen LogP contribution in [0, 0.1) is 5.41 Å². The fourth-order valence-electron chi connectivity index (χ4n) is 4.97. The van der Waals surface area contributed by atoms with Gasteiger partial charge in [-0.05, 0) is 49.4 Å². The van der Waals surface area contributed by atoms with Crippen LogP contribution in [0.4, 0.5) is 0 Å². The molecule has 4 rings (SSSR count). The third kappa shape index (κ3) is 4.62. The fourth-order valence-corrected chi connectivity index (χ4v) is 4.97. The SMILES string of the molecule is CCCCc1ccc(O)c(CN2CCC3(C)C[C@@H](COC(=O)c4ccccc4)O[C@H]23)c1O. The van der Waals surface area contributed by atoms with Crippen molar-refractivity contribution in [3.63, 3.8) is 0 Å². The van der Waals surface area contributed by atoms with Gasteiger partial charge in [-0.2, -0.15) is 0 Å². The summed E-state index contributed by atoms with van der Waals surface area (Å²) in [6, 6.07) is 12.5. The van der Waals surface area contributed by atoms with E-state index in [2.05, 4.69) is 18.7 Å². The molecular weight excluding hydrogens is 406 g/mol. The first-order valence-corrected chi connectivity index (χ1v) is 11.6. The van der Waals surface area contributed by atoms with Crippen LogP contribution in [-0.2, 0) is 22.4 Å². The third-order valence-corrected chi connectivity index (χ3v) is 6.83. The zero-order valence-corrected chi connectivity index (χ0v) is 18.9. The van der Waals surface area contributed by atoms with E-state index in [0.717, 1.165) is 44.2 Å². The number of ether oxygens (including phenoxy) is 2. The number of unbranched alkanes of at least 4 members (excludes halogenated alkanes) is 1. The Kier molecular flexibility index (Phi) is 6.72. The van der Waals surface area contributed by atoms with Gasteiger partial charge < -0.3 is 19.7 Å². The van der Waals surface area contributed by atoms with E-state index < -0.39 is 0 Å². The van der Waals surface area contributed by atoms with Crippen LogP contribution in [0.1, 0.15) is 61.0 Å². The molecule has 0 amide bonds. The van der Waals surface area contributed by atoms with Crippen LogP contribution in [-0.4, -0.2) is 46.6 Å². The number of hydrogen-bond donors (Lipinski definition) is 2. The van der Waals surface area contributed by atoms with Crippen molar-refractivity contribution in [1.29, 1.82) is 0 Å². The number of likely N-dealkylation sites (tertiary alicyclic amines) is 1. The molecule has 0 saturated carbocycles. The highest BCUT2D eigenvalue weighted by Crippen LogP contribution is 2.48. The number of phenols is 2. The highest BCUT2D eigenvalue weighted by Gasteiger charge is 2.52. The summed E-state index contributed by atoms with van der Waals surface area (Å²) in [5.41, 5.74) is 1.92. The maximum Gasteiger partial charge on any atom is 0.338 e. The molecule has 6 nitrogen and oxygen atoms in total. The van der Waals surface area contributed by atoms with Crippen molar-refractivity contribution in [2.24, 2.45) is 5.41 Å². The molecule has 2 aliphatic rings. The Morgan fingerprint density at radius 2 is 2.00 bits per heavy atom. The number of nitrogens with zero attached hydrogens (tertiary/aromatic N) is 1. The van der Waals surface area contributed by atoms with Crippen LogP contribution in [0.25, 0.3) is 0 Å². The zero-order valence-electron chi connectivity index (χ0n) is 18.9. The molecular formula is C26H33NO5. The maximum absolute atomic E-state index is 12.3. The summed E-state index contributed by atoms with van der Waals surface area (Å²) in [5.74, 6) is -0.0342. The molecule has 3 atom stereocenters. The summed E-state index contributed by atoms with van der Waals surface area (Å²) in [7, 11) is 0. The van der Waals surface area contributed by atoms with Gasteiger partial charge in [-0.15, -0.1) is 0 Å². The van der Waals surface area contributed by atoms with Gasteiger partial charge in [0.25, 0.3) is 0 Å². The van der Waals surface area contributed by atoms with Crippen LogP contribution in [0.5, 0.6) is 11.5 Å². The van der Waals surface area contributed by atoms with Gasteiger partial charge in [0.05, 0.1) is 11.7 Å². The van der Waals surface area contributed by atoms with Crippen molar-refractivity contribution < 1.29 is 24.5 Å². The first kappa shape index (κ1) is 22.6. The summed E-state index contributed by atoms with van der Waals surface area (Å²) in [5, 5.41) is 21.2. The Morgan fingerprint density at radius 1 is 1.22 bits per heavy atom. The predicted octanol–water partition coefficient (Wildman–Crippen LogP) is 4.62. The van der Waals surface area contributed by atoms with Crippen LogP contribution in [0.2, 0.25) is 0 Å². The van der Waals surface area contributed by atoms with Gasteiger partial charge in [0, 0.05) is 24.1 Å². The molecule has 0 aromatic heterocycles. The zero-order chi connectivity index (χ0) is 22.7. The van der Waals surface area contributed by atoms with Gasteiger partial charge in [0.2, 0.25) is 0 Å². The highest BCUT2D eigenvalue weighted by atomic mass is 16.6. The quantitative estimate of drug-likeness (QED) is 0.584. The summed E-state index contributed by atoms with van der Waals surface area (Å²) >= 11 is 0. The average Bonchev–Trinajstić information content (AvgIpc) is 3.28. The lowest BCUT2D eigenvalue weighted by Gasteiger charge is -2.28. The molecule has 1 unspecified atom stereocenters. The third-order valence-electron chi connectivity index (χ3n) is 6.83. The van der Waals surface area contributed by atoms with Crippen molar-refractivity contribution >= 4 is 5.97 Å². The van der Waals surface area contributed by atoms with E-state index in [1.807, 2.05) is 18.2 Å². The van der Waals surface area contributed by atoms with Gasteiger partial charge in [-0.25, -0.2) is 4.79 Å². The topological polar surface area (TPSA) is 79.2 Å². The van der Waals surface area contributed by atoms with Crippen LogP contribution in [0.15, 0.2) is 42.5 Å². The van der Waals surface area contributed by atoms with Crippen molar-refractivity contribution in [1.82, 2.24) is 4.90 Å². The molecule has 0 radical (unpaired) electrons. The second-order valence-corrected chi connectivity index (χ2v) is 9.33. The van der Waals surface area contributed by atoms with Gasteiger partial charge in [-0.3, -0.25) is 4.90 Å². The summed E-state index contributed by atoms with van der Waals surface area (Å²) in [4.78, 5) is 14.4. The van der Waals surface area contributed by atoms with Gasteiger partial charge >= 0.3 is 5.97 Å². The van der Waals surface area contributed by atoms with Crippen molar-refractivity contribution in [2.75, 3.05) is 13.2 Å². The van der Waals surface area contributed by atoms with E-state index in [0.29, 0.717) is 17.7 Å². The van der Waals surface area contributed by atoms with Crippen LogP contribution in [0.3, 0.4) is 0 Å². The number of aromatic hydroxyl groups is 2.